The fourth-order valence-electron chi connectivity index (χ4n) is 2.49. The van der Waals surface area contributed by atoms with Crippen LogP contribution in [0.25, 0.3) is 0 Å². The van der Waals surface area contributed by atoms with Gasteiger partial charge in [-0.2, -0.15) is 0 Å². The van der Waals surface area contributed by atoms with Crippen molar-refractivity contribution in [1.82, 2.24) is 0 Å². The molecule has 3 rings (SSSR count). The van der Waals surface area contributed by atoms with Gasteiger partial charge < -0.3 is 19.9 Å². The summed E-state index contributed by atoms with van der Waals surface area (Å²) >= 11 is 0. The molecule has 1 heterocycles. The second kappa shape index (κ2) is 6.06. The summed E-state index contributed by atoms with van der Waals surface area (Å²) in [5.74, 6) is 2.37. The van der Waals surface area contributed by atoms with Gasteiger partial charge in [-0.15, -0.1) is 0 Å². The van der Waals surface area contributed by atoms with Gasteiger partial charge in [-0.3, -0.25) is 0 Å². The predicted octanol–water partition coefficient (Wildman–Crippen LogP) is 2.54. The monoisotopic (exact) mass is 285 g/mol. The molecule has 0 fully saturated rings. The Morgan fingerprint density at radius 2 is 2.05 bits per heavy atom. The van der Waals surface area contributed by atoms with Gasteiger partial charge in [0.05, 0.1) is 7.11 Å². The van der Waals surface area contributed by atoms with Crippen LogP contribution in [0.1, 0.15) is 11.1 Å². The molecule has 4 nitrogen and oxygen atoms in total. The van der Waals surface area contributed by atoms with E-state index in [1.807, 2.05) is 36.4 Å². The highest BCUT2D eigenvalue weighted by Gasteiger charge is 2.23. The molecule has 0 spiro atoms. The SMILES string of the molecule is COc1ccc(CN)cc1OCC1Cc2ccccc2O1. The normalized spacial score (nSPS) is 16.2. The molecular formula is C17H19NO3. The van der Waals surface area contributed by atoms with E-state index in [1.54, 1.807) is 7.11 Å². The van der Waals surface area contributed by atoms with Crippen LogP contribution in [0.3, 0.4) is 0 Å². The van der Waals surface area contributed by atoms with Gasteiger partial charge in [-0.25, -0.2) is 0 Å². The van der Waals surface area contributed by atoms with E-state index in [0.717, 1.165) is 17.7 Å². The summed E-state index contributed by atoms with van der Waals surface area (Å²) in [7, 11) is 1.63. The summed E-state index contributed by atoms with van der Waals surface area (Å²) in [6.45, 7) is 0.963. The van der Waals surface area contributed by atoms with E-state index in [0.29, 0.717) is 24.7 Å². The van der Waals surface area contributed by atoms with E-state index < -0.39 is 0 Å². The van der Waals surface area contributed by atoms with Crippen LogP contribution in [0, 0.1) is 0 Å². The summed E-state index contributed by atoms with van der Waals surface area (Å²) in [5.41, 5.74) is 7.91. The number of para-hydroxylation sites is 1. The highest BCUT2D eigenvalue weighted by Crippen LogP contribution is 2.31. The molecular weight excluding hydrogens is 266 g/mol. The Kier molecular flexibility index (Phi) is 3.97. The third-order valence-corrected chi connectivity index (χ3v) is 3.60. The number of hydrogen-bond donors (Lipinski definition) is 1. The first-order chi connectivity index (χ1) is 10.3. The smallest absolute Gasteiger partial charge is 0.161 e. The van der Waals surface area contributed by atoms with Gasteiger partial charge in [-0.1, -0.05) is 24.3 Å². The average Bonchev–Trinajstić information content (AvgIpc) is 2.95. The Bertz CT molecular complexity index is 602. The molecule has 0 aliphatic carbocycles. The molecule has 2 N–H and O–H groups in total. The minimum absolute atomic E-state index is 0.0358. The lowest BCUT2D eigenvalue weighted by Gasteiger charge is -2.15. The number of benzene rings is 2. The number of fused-ring (bicyclic) bond motifs is 1. The summed E-state index contributed by atoms with van der Waals surface area (Å²) < 4.78 is 17.1. The maximum atomic E-state index is 5.88. The summed E-state index contributed by atoms with van der Waals surface area (Å²) in [6, 6.07) is 13.8. The third-order valence-electron chi connectivity index (χ3n) is 3.60. The van der Waals surface area contributed by atoms with Crippen LogP contribution in [-0.4, -0.2) is 19.8 Å². The van der Waals surface area contributed by atoms with Gasteiger partial charge in [0.2, 0.25) is 0 Å². The van der Waals surface area contributed by atoms with Crippen LogP contribution < -0.4 is 19.9 Å². The van der Waals surface area contributed by atoms with Crippen LogP contribution in [0.15, 0.2) is 42.5 Å². The molecule has 0 aromatic heterocycles. The lowest BCUT2D eigenvalue weighted by atomic mass is 10.1. The van der Waals surface area contributed by atoms with Gasteiger partial charge >= 0.3 is 0 Å². The standard InChI is InChI=1S/C17H19NO3/c1-19-16-7-6-12(10-18)8-17(16)20-11-14-9-13-4-2-3-5-15(13)21-14/h2-8,14H,9-11,18H2,1H3. The Labute approximate surface area is 124 Å². The van der Waals surface area contributed by atoms with E-state index in [-0.39, 0.29) is 6.10 Å². The molecule has 0 radical (unpaired) electrons. The average molecular weight is 285 g/mol. The van der Waals surface area contributed by atoms with Gasteiger partial charge in [0.15, 0.2) is 11.5 Å². The van der Waals surface area contributed by atoms with Crippen molar-refractivity contribution in [2.45, 2.75) is 19.1 Å². The van der Waals surface area contributed by atoms with E-state index in [4.69, 9.17) is 19.9 Å². The number of nitrogens with two attached hydrogens (primary N) is 1. The maximum Gasteiger partial charge on any atom is 0.161 e. The first-order valence-electron chi connectivity index (χ1n) is 7.04. The molecule has 0 saturated heterocycles. The lowest BCUT2D eigenvalue weighted by Crippen LogP contribution is -2.22. The first kappa shape index (κ1) is 13.8. The van der Waals surface area contributed by atoms with Crippen molar-refractivity contribution in [3.63, 3.8) is 0 Å². The molecule has 110 valence electrons. The van der Waals surface area contributed by atoms with Crippen molar-refractivity contribution in [2.75, 3.05) is 13.7 Å². The second-order valence-electron chi connectivity index (χ2n) is 5.05. The van der Waals surface area contributed by atoms with E-state index in [9.17, 15) is 0 Å². The highest BCUT2D eigenvalue weighted by molar-refractivity contribution is 5.43. The van der Waals surface area contributed by atoms with Gasteiger partial charge in [0.1, 0.15) is 18.5 Å². The number of hydrogen-bond acceptors (Lipinski definition) is 4. The van der Waals surface area contributed by atoms with Crippen LogP contribution in [0.2, 0.25) is 0 Å². The zero-order valence-electron chi connectivity index (χ0n) is 12.0. The zero-order valence-corrected chi connectivity index (χ0v) is 12.0. The molecule has 1 aliphatic heterocycles. The fraction of sp³-hybridized carbons (Fsp3) is 0.294. The maximum absolute atomic E-state index is 5.88. The molecule has 1 unspecified atom stereocenters. The van der Waals surface area contributed by atoms with Crippen molar-refractivity contribution < 1.29 is 14.2 Å². The van der Waals surface area contributed by atoms with Crippen LogP contribution in [0.4, 0.5) is 0 Å². The van der Waals surface area contributed by atoms with Crippen molar-refractivity contribution >= 4 is 0 Å². The molecule has 0 amide bonds. The van der Waals surface area contributed by atoms with E-state index in [1.165, 1.54) is 5.56 Å². The number of rotatable bonds is 5. The topological polar surface area (TPSA) is 53.7 Å². The quantitative estimate of drug-likeness (QED) is 0.917. The molecule has 1 aliphatic rings. The van der Waals surface area contributed by atoms with Crippen molar-refractivity contribution in [2.24, 2.45) is 5.73 Å². The largest absolute Gasteiger partial charge is 0.493 e. The van der Waals surface area contributed by atoms with E-state index >= 15 is 0 Å². The third kappa shape index (κ3) is 2.95. The molecule has 0 bridgehead atoms. The molecule has 4 heteroatoms. The highest BCUT2D eigenvalue weighted by atomic mass is 16.5. The minimum Gasteiger partial charge on any atom is -0.493 e. The summed E-state index contributed by atoms with van der Waals surface area (Å²) in [6.07, 6.45) is 0.906. The number of ether oxygens (including phenoxy) is 3. The Morgan fingerprint density at radius 3 is 2.81 bits per heavy atom. The van der Waals surface area contributed by atoms with Crippen LogP contribution >= 0.6 is 0 Å². The molecule has 2 aromatic rings. The van der Waals surface area contributed by atoms with Crippen molar-refractivity contribution in [1.29, 1.82) is 0 Å². The van der Waals surface area contributed by atoms with Gasteiger partial charge in [0, 0.05) is 13.0 Å². The van der Waals surface area contributed by atoms with Gasteiger partial charge in [0.25, 0.3) is 0 Å². The molecule has 1 atom stereocenters. The fourth-order valence-corrected chi connectivity index (χ4v) is 2.49. The molecule has 21 heavy (non-hydrogen) atoms. The van der Waals surface area contributed by atoms with Crippen LogP contribution in [0.5, 0.6) is 17.2 Å². The van der Waals surface area contributed by atoms with Crippen molar-refractivity contribution in [3.05, 3.63) is 53.6 Å². The van der Waals surface area contributed by atoms with E-state index in [2.05, 4.69) is 6.07 Å². The minimum atomic E-state index is 0.0358. The Balaban J connectivity index is 1.66. The Hall–Kier alpha value is -2.20. The lowest BCUT2D eigenvalue weighted by molar-refractivity contribution is 0.145. The molecule has 0 saturated carbocycles. The summed E-state index contributed by atoms with van der Waals surface area (Å²) in [5, 5.41) is 0. The van der Waals surface area contributed by atoms with Gasteiger partial charge in [-0.05, 0) is 29.3 Å². The molecule has 2 aromatic carbocycles. The van der Waals surface area contributed by atoms with Crippen molar-refractivity contribution in [3.8, 4) is 17.2 Å². The summed E-state index contributed by atoms with van der Waals surface area (Å²) in [4.78, 5) is 0. The zero-order chi connectivity index (χ0) is 14.7. The predicted molar refractivity (Wildman–Crippen MR) is 80.9 cm³/mol. The van der Waals surface area contributed by atoms with Crippen LogP contribution in [-0.2, 0) is 13.0 Å². The number of methoxy groups -OCH3 is 1. The Morgan fingerprint density at radius 1 is 1.19 bits per heavy atom. The second-order valence-corrected chi connectivity index (χ2v) is 5.05. The first-order valence-corrected chi connectivity index (χ1v) is 7.04.